The molecule has 0 spiro atoms. The predicted octanol–water partition coefficient (Wildman–Crippen LogP) is 2.51. The van der Waals surface area contributed by atoms with Crippen molar-refractivity contribution in [2.24, 2.45) is 0 Å². The molecule has 1 aliphatic rings. The van der Waals surface area contributed by atoms with E-state index in [1.54, 1.807) is 7.05 Å². The molecule has 1 aliphatic heterocycles. The van der Waals surface area contributed by atoms with Crippen molar-refractivity contribution in [3.05, 3.63) is 71.8 Å². The minimum atomic E-state index is -0.724. The highest BCUT2D eigenvalue weighted by Gasteiger charge is 2.33. The molecule has 2 aromatic carbocycles. The van der Waals surface area contributed by atoms with E-state index >= 15 is 0 Å². The molecule has 0 unspecified atom stereocenters. The van der Waals surface area contributed by atoms with Gasteiger partial charge in [0.05, 0.1) is 6.10 Å². The Morgan fingerprint density at radius 1 is 1.00 bits per heavy atom. The number of benzene rings is 2. The van der Waals surface area contributed by atoms with Gasteiger partial charge in [0.2, 0.25) is 11.8 Å². The van der Waals surface area contributed by atoms with Crippen molar-refractivity contribution in [3.8, 4) is 0 Å². The number of carbonyl (C=O) groups excluding carboxylic acids is 2. The standard InChI is InChI=1S/C20H22N2O3/c1-21-20(24)18(15-10-6-3-7-11-15)22-19(23)17-13-12-16(25-17)14-8-4-2-5-9-14/h2-11,16-18H,12-13H2,1H3,(H,21,24)(H,22,23)/t16-,17+,18+/m0/s1. The third-order valence-electron chi connectivity index (χ3n) is 4.41. The first-order valence-electron chi connectivity index (χ1n) is 8.46. The van der Waals surface area contributed by atoms with Gasteiger partial charge < -0.3 is 15.4 Å². The Kier molecular flexibility index (Phi) is 5.46. The Morgan fingerprint density at radius 2 is 1.64 bits per heavy atom. The number of carbonyl (C=O) groups is 2. The fourth-order valence-electron chi connectivity index (χ4n) is 3.07. The summed E-state index contributed by atoms with van der Waals surface area (Å²) in [5.74, 6) is -0.506. The van der Waals surface area contributed by atoms with Gasteiger partial charge in [0, 0.05) is 7.05 Å². The lowest BCUT2D eigenvalue weighted by Crippen LogP contribution is -2.43. The van der Waals surface area contributed by atoms with Crippen LogP contribution in [0.1, 0.15) is 36.1 Å². The van der Waals surface area contributed by atoms with Crippen LogP contribution in [0.4, 0.5) is 0 Å². The maximum atomic E-state index is 12.6. The Balaban J connectivity index is 1.67. The van der Waals surface area contributed by atoms with Gasteiger partial charge >= 0.3 is 0 Å². The number of rotatable bonds is 5. The molecule has 2 amide bonds. The summed E-state index contributed by atoms with van der Waals surface area (Å²) in [5.41, 5.74) is 1.82. The molecule has 0 saturated carbocycles. The van der Waals surface area contributed by atoms with Gasteiger partial charge in [0.15, 0.2) is 0 Å². The van der Waals surface area contributed by atoms with Crippen molar-refractivity contribution in [2.45, 2.75) is 31.1 Å². The molecule has 0 aliphatic carbocycles. The highest BCUT2D eigenvalue weighted by molar-refractivity contribution is 5.90. The molecule has 0 radical (unpaired) electrons. The Morgan fingerprint density at radius 3 is 2.28 bits per heavy atom. The molecule has 5 heteroatoms. The Labute approximate surface area is 147 Å². The Hall–Kier alpha value is -2.66. The van der Waals surface area contributed by atoms with Gasteiger partial charge in [-0.15, -0.1) is 0 Å². The van der Waals surface area contributed by atoms with Crippen molar-refractivity contribution in [1.82, 2.24) is 10.6 Å². The largest absolute Gasteiger partial charge is 0.360 e. The van der Waals surface area contributed by atoms with Crippen molar-refractivity contribution in [1.29, 1.82) is 0 Å². The second-order valence-electron chi connectivity index (χ2n) is 6.07. The summed E-state index contributed by atoms with van der Waals surface area (Å²) in [7, 11) is 1.56. The topological polar surface area (TPSA) is 67.4 Å². The average Bonchev–Trinajstić information content (AvgIpc) is 3.17. The van der Waals surface area contributed by atoms with Crippen LogP contribution in [-0.2, 0) is 14.3 Å². The van der Waals surface area contributed by atoms with E-state index in [9.17, 15) is 9.59 Å². The van der Waals surface area contributed by atoms with Crippen LogP contribution in [0.2, 0.25) is 0 Å². The van der Waals surface area contributed by atoms with E-state index in [4.69, 9.17) is 4.74 Å². The number of ether oxygens (including phenoxy) is 1. The van der Waals surface area contributed by atoms with Crippen LogP contribution in [0.3, 0.4) is 0 Å². The van der Waals surface area contributed by atoms with E-state index in [0.717, 1.165) is 17.5 Å². The zero-order valence-corrected chi connectivity index (χ0v) is 14.1. The van der Waals surface area contributed by atoms with Crippen LogP contribution in [0.15, 0.2) is 60.7 Å². The lowest BCUT2D eigenvalue weighted by Gasteiger charge is -2.20. The van der Waals surface area contributed by atoms with Crippen LogP contribution in [-0.4, -0.2) is 25.0 Å². The van der Waals surface area contributed by atoms with Gasteiger partial charge in [-0.25, -0.2) is 0 Å². The van der Waals surface area contributed by atoms with Gasteiger partial charge in [-0.05, 0) is 24.0 Å². The summed E-state index contributed by atoms with van der Waals surface area (Å²) < 4.78 is 5.92. The predicted molar refractivity (Wildman–Crippen MR) is 94.7 cm³/mol. The summed E-state index contributed by atoms with van der Waals surface area (Å²) in [4.78, 5) is 24.8. The lowest BCUT2D eigenvalue weighted by molar-refractivity contribution is -0.136. The van der Waals surface area contributed by atoms with E-state index in [0.29, 0.717) is 6.42 Å². The van der Waals surface area contributed by atoms with E-state index in [-0.39, 0.29) is 17.9 Å². The van der Waals surface area contributed by atoms with E-state index in [1.165, 1.54) is 0 Å². The first-order chi connectivity index (χ1) is 12.2. The molecule has 25 heavy (non-hydrogen) atoms. The van der Waals surface area contributed by atoms with Crippen molar-refractivity contribution >= 4 is 11.8 Å². The summed E-state index contributed by atoms with van der Waals surface area (Å²) in [6, 6.07) is 18.4. The van der Waals surface area contributed by atoms with Crippen molar-refractivity contribution in [3.63, 3.8) is 0 Å². The number of hydrogen-bond donors (Lipinski definition) is 2. The van der Waals surface area contributed by atoms with Crippen LogP contribution in [0.5, 0.6) is 0 Å². The molecule has 1 heterocycles. The van der Waals surface area contributed by atoms with Crippen LogP contribution in [0, 0.1) is 0 Å². The monoisotopic (exact) mass is 338 g/mol. The molecule has 0 aromatic heterocycles. The Bertz CT molecular complexity index is 718. The van der Waals surface area contributed by atoms with Gasteiger partial charge in [-0.1, -0.05) is 60.7 Å². The zero-order valence-electron chi connectivity index (χ0n) is 14.1. The normalized spacial score (nSPS) is 20.7. The van der Waals surface area contributed by atoms with Crippen molar-refractivity contribution < 1.29 is 14.3 Å². The van der Waals surface area contributed by atoms with Gasteiger partial charge in [-0.2, -0.15) is 0 Å². The van der Waals surface area contributed by atoms with E-state index in [1.807, 2.05) is 60.7 Å². The highest BCUT2D eigenvalue weighted by atomic mass is 16.5. The fraction of sp³-hybridized carbons (Fsp3) is 0.300. The fourth-order valence-corrected chi connectivity index (χ4v) is 3.07. The third kappa shape index (κ3) is 4.06. The molecule has 3 rings (SSSR count). The molecule has 2 aromatic rings. The molecule has 130 valence electrons. The number of hydrogen-bond acceptors (Lipinski definition) is 3. The lowest BCUT2D eigenvalue weighted by atomic mass is 10.0. The van der Waals surface area contributed by atoms with Gasteiger partial charge in [0.1, 0.15) is 12.1 Å². The molecule has 1 fully saturated rings. The molecule has 0 bridgehead atoms. The molecule has 3 atom stereocenters. The zero-order chi connectivity index (χ0) is 17.6. The number of nitrogens with one attached hydrogen (secondary N) is 2. The second-order valence-corrected chi connectivity index (χ2v) is 6.07. The summed E-state index contributed by atoms with van der Waals surface area (Å²) >= 11 is 0. The molecular weight excluding hydrogens is 316 g/mol. The maximum Gasteiger partial charge on any atom is 0.250 e. The summed E-state index contributed by atoms with van der Waals surface area (Å²) in [6.07, 6.45) is 0.812. The molecule has 5 nitrogen and oxygen atoms in total. The third-order valence-corrected chi connectivity index (χ3v) is 4.41. The second kappa shape index (κ2) is 7.94. The van der Waals surface area contributed by atoms with Crippen molar-refractivity contribution in [2.75, 3.05) is 7.05 Å². The first-order valence-corrected chi connectivity index (χ1v) is 8.46. The summed E-state index contributed by atoms with van der Waals surface area (Å²) in [5, 5.41) is 5.42. The molecule has 2 N–H and O–H groups in total. The number of likely N-dealkylation sites (N-methyl/N-ethyl adjacent to an activating group) is 1. The van der Waals surface area contributed by atoms with E-state index in [2.05, 4.69) is 10.6 Å². The first kappa shape index (κ1) is 17.2. The minimum absolute atomic E-state index is 0.0767. The maximum absolute atomic E-state index is 12.6. The minimum Gasteiger partial charge on any atom is -0.360 e. The van der Waals surface area contributed by atoms with Crippen LogP contribution >= 0.6 is 0 Å². The SMILES string of the molecule is CNC(=O)[C@H](NC(=O)[C@H]1CC[C@@H](c2ccccc2)O1)c1ccccc1. The smallest absolute Gasteiger partial charge is 0.250 e. The quantitative estimate of drug-likeness (QED) is 0.880. The van der Waals surface area contributed by atoms with Crippen LogP contribution < -0.4 is 10.6 Å². The number of amides is 2. The van der Waals surface area contributed by atoms with Gasteiger partial charge in [0.25, 0.3) is 0 Å². The molecule has 1 saturated heterocycles. The average molecular weight is 338 g/mol. The highest BCUT2D eigenvalue weighted by Crippen LogP contribution is 2.32. The van der Waals surface area contributed by atoms with Gasteiger partial charge in [-0.3, -0.25) is 9.59 Å². The molecular formula is C20H22N2O3. The van der Waals surface area contributed by atoms with E-state index < -0.39 is 12.1 Å². The summed E-state index contributed by atoms with van der Waals surface area (Å²) in [6.45, 7) is 0. The van der Waals surface area contributed by atoms with Crippen LogP contribution in [0.25, 0.3) is 0 Å².